The highest BCUT2D eigenvalue weighted by Crippen LogP contribution is 2.23. The first kappa shape index (κ1) is 16.2. The van der Waals surface area contributed by atoms with Crippen molar-refractivity contribution >= 4 is 22.6 Å². The molecule has 0 aliphatic carbocycles. The summed E-state index contributed by atoms with van der Waals surface area (Å²) >= 11 is 2.37. The Morgan fingerprint density at radius 2 is 2.00 bits per heavy atom. The first-order valence-electron chi connectivity index (χ1n) is 7.80. The van der Waals surface area contributed by atoms with E-state index in [1.54, 1.807) is 0 Å². The monoisotopic (exact) mass is 386 g/mol. The molecule has 20 heavy (non-hydrogen) atoms. The standard InChI is InChI=1S/C17H27IN2/c1-4-6-16-11-19-17(3,5-2)13-20(16)12-14-7-9-15(18)10-8-14/h7-10,16,19H,4-6,11-13H2,1-3H3. The van der Waals surface area contributed by atoms with E-state index in [-0.39, 0.29) is 5.54 Å². The molecule has 1 aliphatic heterocycles. The maximum atomic E-state index is 3.76. The van der Waals surface area contributed by atoms with Crippen molar-refractivity contribution in [1.29, 1.82) is 0 Å². The molecule has 0 aromatic heterocycles. The van der Waals surface area contributed by atoms with Crippen molar-refractivity contribution in [3.8, 4) is 0 Å². The zero-order chi connectivity index (χ0) is 14.6. The molecule has 1 aromatic carbocycles. The Labute approximate surface area is 137 Å². The van der Waals surface area contributed by atoms with Crippen LogP contribution in [-0.4, -0.2) is 29.6 Å². The van der Waals surface area contributed by atoms with Crippen molar-refractivity contribution in [2.75, 3.05) is 13.1 Å². The molecule has 0 spiro atoms. The van der Waals surface area contributed by atoms with E-state index in [2.05, 4.69) is 77.8 Å². The zero-order valence-electron chi connectivity index (χ0n) is 13.0. The van der Waals surface area contributed by atoms with Crippen LogP contribution in [0.1, 0.15) is 45.6 Å². The summed E-state index contributed by atoms with van der Waals surface area (Å²) in [5, 5.41) is 3.76. The fourth-order valence-corrected chi connectivity index (χ4v) is 3.35. The van der Waals surface area contributed by atoms with E-state index >= 15 is 0 Å². The smallest absolute Gasteiger partial charge is 0.0278 e. The van der Waals surface area contributed by atoms with E-state index in [9.17, 15) is 0 Å². The maximum absolute atomic E-state index is 3.76. The van der Waals surface area contributed by atoms with Crippen molar-refractivity contribution in [2.45, 2.75) is 58.2 Å². The molecule has 1 aliphatic rings. The number of benzene rings is 1. The normalized spacial score (nSPS) is 27.7. The van der Waals surface area contributed by atoms with Gasteiger partial charge in [-0.25, -0.2) is 0 Å². The summed E-state index contributed by atoms with van der Waals surface area (Å²) in [5.74, 6) is 0. The molecule has 112 valence electrons. The van der Waals surface area contributed by atoms with Crippen LogP contribution in [0.3, 0.4) is 0 Å². The molecule has 0 saturated carbocycles. The highest BCUT2D eigenvalue weighted by atomic mass is 127. The number of hydrogen-bond donors (Lipinski definition) is 1. The molecule has 2 nitrogen and oxygen atoms in total. The number of halogens is 1. The fraction of sp³-hybridized carbons (Fsp3) is 0.647. The van der Waals surface area contributed by atoms with Crippen molar-refractivity contribution in [3.63, 3.8) is 0 Å². The minimum absolute atomic E-state index is 0.271. The third-order valence-electron chi connectivity index (χ3n) is 4.53. The van der Waals surface area contributed by atoms with E-state index in [4.69, 9.17) is 0 Å². The Hall–Kier alpha value is -0.130. The SMILES string of the molecule is CCCC1CNC(C)(CC)CN1Cc1ccc(I)cc1. The fourth-order valence-electron chi connectivity index (χ4n) is 2.99. The van der Waals surface area contributed by atoms with Gasteiger partial charge in [0.1, 0.15) is 0 Å². The Balaban J connectivity index is 2.08. The van der Waals surface area contributed by atoms with Gasteiger partial charge in [0.05, 0.1) is 0 Å². The van der Waals surface area contributed by atoms with E-state index in [1.807, 2.05) is 0 Å². The average molecular weight is 386 g/mol. The predicted molar refractivity (Wildman–Crippen MR) is 95.0 cm³/mol. The van der Waals surface area contributed by atoms with Crippen LogP contribution in [0, 0.1) is 3.57 Å². The third kappa shape index (κ3) is 4.18. The van der Waals surface area contributed by atoms with Gasteiger partial charge in [0.15, 0.2) is 0 Å². The van der Waals surface area contributed by atoms with Gasteiger partial charge < -0.3 is 5.32 Å². The van der Waals surface area contributed by atoms with Crippen molar-refractivity contribution in [2.24, 2.45) is 0 Å². The lowest BCUT2D eigenvalue weighted by atomic mass is 9.92. The molecule has 1 aromatic rings. The van der Waals surface area contributed by atoms with Gasteiger partial charge in [0, 0.05) is 34.8 Å². The maximum Gasteiger partial charge on any atom is 0.0278 e. The van der Waals surface area contributed by atoms with Crippen LogP contribution in [0.15, 0.2) is 24.3 Å². The molecule has 1 saturated heterocycles. The first-order chi connectivity index (χ1) is 9.56. The van der Waals surface area contributed by atoms with Gasteiger partial charge in [0.25, 0.3) is 0 Å². The van der Waals surface area contributed by atoms with Crippen molar-refractivity contribution in [1.82, 2.24) is 10.2 Å². The molecular formula is C17H27IN2. The summed E-state index contributed by atoms with van der Waals surface area (Å²) in [4.78, 5) is 2.69. The van der Waals surface area contributed by atoms with Crippen LogP contribution in [0.2, 0.25) is 0 Å². The Bertz CT molecular complexity index is 418. The van der Waals surface area contributed by atoms with Crippen LogP contribution in [0.25, 0.3) is 0 Å². The molecule has 1 N–H and O–H groups in total. The lowest BCUT2D eigenvalue weighted by Crippen LogP contribution is -2.62. The molecule has 1 fully saturated rings. The average Bonchev–Trinajstić information content (AvgIpc) is 2.45. The lowest BCUT2D eigenvalue weighted by molar-refractivity contribution is 0.0726. The molecule has 2 atom stereocenters. The van der Waals surface area contributed by atoms with Crippen LogP contribution >= 0.6 is 22.6 Å². The second kappa shape index (κ2) is 7.23. The van der Waals surface area contributed by atoms with Crippen LogP contribution in [0.5, 0.6) is 0 Å². The largest absolute Gasteiger partial charge is 0.309 e. The summed E-state index contributed by atoms with van der Waals surface area (Å²) in [6, 6.07) is 9.66. The van der Waals surface area contributed by atoms with E-state index in [1.165, 1.54) is 28.4 Å². The molecule has 0 radical (unpaired) electrons. The zero-order valence-corrected chi connectivity index (χ0v) is 15.1. The molecule has 2 rings (SSSR count). The highest BCUT2D eigenvalue weighted by molar-refractivity contribution is 14.1. The number of piperazine rings is 1. The van der Waals surface area contributed by atoms with Gasteiger partial charge in [-0.15, -0.1) is 0 Å². The summed E-state index contributed by atoms with van der Waals surface area (Å²) in [7, 11) is 0. The minimum Gasteiger partial charge on any atom is -0.309 e. The Morgan fingerprint density at radius 3 is 2.60 bits per heavy atom. The number of nitrogens with one attached hydrogen (secondary N) is 1. The number of nitrogens with zero attached hydrogens (tertiary/aromatic N) is 1. The molecular weight excluding hydrogens is 359 g/mol. The topological polar surface area (TPSA) is 15.3 Å². The van der Waals surface area contributed by atoms with Gasteiger partial charge in [-0.2, -0.15) is 0 Å². The van der Waals surface area contributed by atoms with Gasteiger partial charge in [-0.1, -0.05) is 32.4 Å². The molecule has 0 amide bonds. The lowest BCUT2D eigenvalue weighted by Gasteiger charge is -2.46. The molecule has 0 bridgehead atoms. The summed E-state index contributed by atoms with van der Waals surface area (Å²) in [6.45, 7) is 10.3. The number of rotatable bonds is 5. The van der Waals surface area contributed by atoms with Crippen LogP contribution in [-0.2, 0) is 6.54 Å². The third-order valence-corrected chi connectivity index (χ3v) is 5.25. The van der Waals surface area contributed by atoms with Gasteiger partial charge in [0.2, 0.25) is 0 Å². The first-order valence-corrected chi connectivity index (χ1v) is 8.87. The Morgan fingerprint density at radius 1 is 1.30 bits per heavy atom. The van der Waals surface area contributed by atoms with Crippen LogP contribution in [0.4, 0.5) is 0 Å². The van der Waals surface area contributed by atoms with E-state index in [0.717, 1.165) is 19.6 Å². The predicted octanol–water partition coefficient (Wildman–Crippen LogP) is 4.03. The summed E-state index contributed by atoms with van der Waals surface area (Å²) < 4.78 is 1.31. The quantitative estimate of drug-likeness (QED) is 0.769. The van der Waals surface area contributed by atoms with Gasteiger partial charge >= 0.3 is 0 Å². The molecule has 2 unspecified atom stereocenters. The summed E-state index contributed by atoms with van der Waals surface area (Å²) in [6.07, 6.45) is 3.74. The highest BCUT2D eigenvalue weighted by Gasteiger charge is 2.33. The Kier molecular flexibility index (Phi) is 5.87. The van der Waals surface area contributed by atoms with Crippen LogP contribution < -0.4 is 5.32 Å². The molecule has 1 heterocycles. The second-order valence-electron chi connectivity index (χ2n) is 6.27. The van der Waals surface area contributed by atoms with E-state index in [0.29, 0.717) is 6.04 Å². The number of hydrogen-bond acceptors (Lipinski definition) is 2. The van der Waals surface area contributed by atoms with E-state index < -0.39 is 0 Å². The van der Waals surface area contributed by atoms with Crippen molar-refractivity contribution in [3.05, 3.63) is 33.4 Å². The minimum atomic E-state index is 0.271. The molecule has 3 heteroatoms. The van der Waals surface area contributed by atoms with Gasteiger partial charge in [-0.3, -0.25) is 4.90 Å². The van der Waals surface area contributed by atoms with Gasteiger partial charge in [-0.05, 0) is 60.1 Å². The summed E-state index contributed by atoms with van der Waals surface area (Å²) in [5.41, 5.74) is 1.71. The second-order valence-corrected chi connectivity index (χ2v) is 7.51. The van der Waals surface area contributed by atoms with Crippen molar-refractivity contribution < 1.29 is 0 Å².